The third-order valence-electron chi connectivity index (χ3n) is 5.71. The van der Waals surface area contributed by atoms with E-state index in [-0.39, 0.29) is 30.7 Å². The van der Waals surface area contributed by atoms with Gasteiger partial charge in [-0.15, -0.1) is 11.3 Å². The Labute approximate surface area is 179 Å². The van der Waals surface area contributed by atoms with Gasteiger partial charge in [0.2, 0.25) is 11.8 Å². The number of rotatable bonds is 4. The Morgan fingerprint density at radius 1 is 1.20 bits per heavy atom. The van der Waals surface area contributed by atoms with Gasteiger partial charge in [-0.2, -0.15) is 0 Å². The monoisotopic (exact) mass is 427 g/mol. The Kier molecular flexibility index (Phi) is 5.76. The summed E-state index contributed by atoms with van der Waals surface area (Å²) in [5, 5.41) is 0. The Morgan fingerprint density at radius 2 is 2.03 bits per heavy atom. The molecule has 0 bridgehead atoms. The molecule has 1 aliphatic heterocycles. The number of ether oxygens (including phenoxy) is 1. The number of nitrogens with one attached hydrogen (secondary N) is 2. The van der Waals surface area contributed by atoms with Crippen molar-refractivity contribution in [2.24, 2.45) is 11.8 Å². The van der Waals surface area contributed by atoms with Gasteiger partial charge in [-0.1, -0.05) is 13.0 Å². The second kappa shape index (κ2) is 8.47. The quantitative estimate of drug-likeness (QED) is 0.735. The molecule has 4 rings (SSSR count). The molecular weight excluding hydrogens is 402 g/mol. The van der Waals surface area contributed by atoms with Crippen molar-refractivity contribution < 1.29 is 19.1 Å². The first kappa shape index (κ1) is 20.4. The molecule has 158 valence electrons. The molecule has 2 aromatic rings. The van der Waals surface area contributed by atoms with Crippen molar-refractivity contribution in [1.29, 1.82) is 0 Å². The minimum atomic E-state index is -0.526. The number of fused-ring (bicyclic) bond motifs is 1. The molecule has 2 N–H and O–H groups in total. The van der Waals surface area contributed by atoms with E-state index in [9.17, 15) is 14.4 Å². The maximum Gasteiger partial charge on any atom is 0.279 e. The van der Waals surface area contributed by atoms with Crippen LogP contribution in [0.1, 0.15) is 39.9 Å². The van der Waals surface area contributed by atoms with Gasteiger partial charge in [-0.05, 0) is 48.9 Å². The third kappa shape index (κ3) is 4.18. The number of hydrazine groups is 1. The standard InChI is InChI=1S/C22H25N3O4S/c1-13-6-7-18-14(8-13)9-19(30-18)22(28)24-23-21(27)15-10-20(26)25(12-15)16-4-3-5-17(11-16)29-2/h3-5,9,11,13,15H,6-8,10,12H2,1-2H3,(H,23,27)(H,24,28). The predicted molar refractivity (Wildman–Crippen MR) is 115 cm³/mol. The highest BCUT2D eigenvalue weighted by molar-refractivity contribution is 7.14. The number of aryl methyl sites for hydroxylation is 1. The summed E-state index contributed by atoms with van der Waals surface area (Å²) in [6, 6.07) is 9.10. The number of carbonyl (C=O) groups excluding carboxylic acids is 3. The molecular formula is C22H25N3O4S. The van der Waals surface area contributed by atoms with Gasteiger partial charge in [0.15, 0.2) is 0 Å². The molecule has 8 heteroatoms. The van der Waals surface area contributed by atoms with E-state index in [4.69, 9.17) is 4.74 Å². The molecule has 1 saturated heterocycles. The number of benzene rings is 1. The average molecular weight is 428 g/mol. The van der Waals surface area contributed by atoms with Crippen LogP contribution in [0.2, 0.25) is 0 Å². The molecule has 0 radical (unpaired) electrons. The second-order valence-corrected chi connectivity index (χ2v) is 9.09. The molecule has 1 aliphatic carbocycles. The summed E-state index contributed by atoms with van der Waals surface area (Å²) in [6.45, 7) is 2.48. The van der Waals surface area contributed by atoms with Crippen molar-refractivity contribution >= 4 is 34.7 Å². The molecule has 1 aromatic heterocycles. The zero-order chi connectivity index (χ0) is 21.3. The lowest BCUT2D eigenvalue weighted by Crippen LogP contribution is -2.45. The van der Waals surface area contributed by atoms with Crippen LogP contribution in [-0.2, 0) is 22.4 Å². The van der Waals surface area contributed by atoms with E-state index in [1.54, 1.807) is 30.2 Å². The number of hydrogen-bond donors (Lipinski definition) is 2. The van der Waals surface area contributed by atoms with Crippen LogP contribution < -0.4 is 20.5 Å². The van der Waals surface area contributed by atoms with E-state index < -0.39 is 5.92 Å². The first-order valence-corrected chi connectivity index (χ1v) is 10.9. The first-order valence-electron chi connectivity index (χ1n) is 10.1. The number of amides is 3. The fourth-order valence-electron chi connectivity index (χ4n) is 4.01. The van der Waals surface area contributed by atoms with E-state index in [0.29, 0.717) is 22.2 Å². The Balaban J connectivity index is 1.34. The summed E-state index contributed by atoms with van der Waals surface area (Å²) in [5.74, 6) is -0.0544. The number of hydrogen-bond acceptors (Lipinski definition) is 5. The van der Waals surface area contributed by atoms with Crippen molar-refractivity contribution in [3.63, 3.8) is 0 Å². The Hall–Kier alpha value is -2.87. The summed E-state index contributed by atoms with van der Waals surface area (Å²) >= 11 is 1.49. The average Bonchev–Trinajstić information content (AvgIpc) is 3.35. The lowest BCUT2D eigenvalue weighted by atomic mass is 9.90. The first-order chi connectivity index (χ1) is 14.4. The van der Waals surface area contributed by atoms with Crippen LogP contribution >= 0.6 is 11.3 Å². The largest absolute Gasteiger partial charge is 0.497 e. The van der Waals surface area contributed by atoms with Gasteiger partial charge in [0.25, 0.3) is 5.91 Å². The molecule has 2 unspecified atom stereocenters. The van der Waals surface area contributed by atoms with Crippen LogP contribution in [0, 0.1) is 11.8 Å². The Morgan fingerprint density at radius 3 is 2.83 bits per heavy atom. The highest BCUT2D eigenvalue weighted by Crippen LogP contribution is 2.32. The molecule has 2 aliphatic rings. The predicted octanol–water partition coefficient (Wildman–Crippen LogP) is 2.70. The van der Waals surface area contributed by atoms with E-state index in [2.05, 4.69) is 17.8 Å². The number of nitrogens with zero attached hydrogens (tertiary/aromatic N) is 1. The number of thiophene rings is 1. The molecule has 2 atom stereocenters. The maximum absolute atomic E-state index is 12.5. The van der Waals surface area contributed by atoms with Gasteiger partial charge in [0, 0.05) is 29.6 Å². The fourth-order valence-corrected chi connectivity index (χ4v) is 5.11. The Bertz CT molecular complexity index is 987. The van der Waals surface area contributed by atoms with E-state index in [1.165, 1.54) is 21.8 Å². The van der Waals surface area contributed by atoms with Crippen molar-refractivity contribution in [2.45, 2.75) is 32.6 Å². The molecule has 1 aromatic carbocycles. The molecule has 0 spiro atoms. The number of carbonyl (C=O) groups is 3. The lowest BCUT2D eigenvalue weighted by Gasteiger charge is -2.17. The van der Waals surface area contributed by atoms with Gasteiger partial charge in [0.05, 0.1) is 17.9 Å². The normalized spacial score (nSPS) is 20.6. The van der Waals surface area contributed by atoms with Crippen molar-refractivity contribution in [3.8, 4) is 5.75 Å². The highest BCUT2D eigenvalue weighted by atomic mass is 32.1. The molecule has 30 heavy (non-hydrogen) atoms. The minimum Gasteiger partial charge on any atom is -0.497 e. The van der Waals surface area contributed by atoms with E-state index in [0.717, 1.165) is 19.3 Å². The zero-order valence-corrected chi connectivity index (χ0v) is 17.9. The van der Waals surface area contributed by atoms with Crippen molar-refractivity contribution in [1.82, 2.24) is 10.9 Å². The van der Waals surface area contributed by atoms with Crippen LogP contribution in [0.25, 0.3) is 0 Å². The van der Waals surface area contributed by atoms with Gasteiger partial charge >= 0.3 is 0 Å². The van der Waals surface area contributed by atoms with Crippen LogP contribution in [0.3, 0.4) is 0 Å². The van der Waals surface area contributed by atoms with Gasteiger partial charge in [-0.3, -0.25) is 25.2 Å². The summed E-state index contributed by atoms with van der Waals surface area (Å²) in [5.41, 5.74) is 6.93. The van der Waals surface area contributed by atoms with Crippen LogP contribution in [0.5, 0.6) is 5.75 Å². The molecule has 2 heterocycles. The molecule has 7 nitrogen and oxygen atoms in total. The minimum absolute atomic E-state index is 0.101. The van der Waals surface area contributed by atoms with E-state index >= 15 is 0 Å². The van der Waals surface area contributed by atoms with Gasteiger partial charge in [0.1, 0.15) is 5.75 Å². The van der Waals surface area contributed by atoms with Crippen LogP contribution in [0.15, 0.2) is 30.3 Å². The molecule has 3 amide bonds. The summed E-state index contributed by atoms with van der Waals surface area (Å²) < 4.78 is 5.20. The zero-order valence-electron chi connectivity index (χ0n) is 17.1. The SMILES string of the molecule is COc1cccc(N2CC(C(=O)NNC(=O)c3cc4c(s3)CCC(C)C4)CC2=O)c1. The third-order valence-corrected chi connectivity index (χ3v) is 6.95. The van der Waals surface area contributed by atoms with Gasteiger partial charge < -0.3 is 9.64 Å². The molecule has 0 saturated carbocycles. The number of anilines is 1. The molecule has 1 fully saturated rings. The second-order valence-electron chi connectivity index (χ2n) is 7.96. The van der Waals surface area contributed by atoms with Crippen molar-refractivity contribution in [3.05, 3.63) is 45.6 Å². The fraction of sp³-hybridized carbons (Fsp3) is 0.409. The lowest BCUT2D eigenvalue weighted by molar-refractivity contribution is -0.126. The van der Waals surface area contributed by atoms with E-state index in [1.807, 2.05) is 12.1 Å². The summed E-state index contributed by atoms with van der Waals surface area (Å²) in [7, 11) is 1.56. The topological polar surface area (TPSA) is 87.7 Å². The van der Waals surface area contributed by atoms with Crippen LogP contribution in [-0.4, -0.2) is 31.4 Å². The number of methoxy groups -OCH3 is 1. The van der Waals surface area contributed by atoms with Crippen LogP contribution in [0.4, 0.5) is 5.69 Å². The van der Waals surface area contributed by atoms with Gasteiger partial charge in [-0.25, -0.2) is 0 Å². The van der Waals surface area contributed by atoms with Crippen molar-refractivity contribution in [2.75, 3.05) is 18.6 Å². The summed E-state index contributed by atoms with van der Waals surface area (Å²) in [4.78, 5) is 40.9. The highest BCUT2D eigenvalue weighted by Gasteiger charge is 2.35. The maximum atomic E-state index is 12.5. The smallest absolute Gasteiger partial charge is 0.279 e. The summed E-state index contributed by atoms with van der Waals surface area (Å²) in [6.07, 6.45) is 3.25.